The molecule has 1 aliphatic rings. The second-order valence-corrected chi connectivity index (χ2v) is 3.16. The van der Waals surface area contributed by atoms with Gasteiger partial charge in [-0.1, -0.05) is 0 Å². The monoisotopic (exact) mass is 182 g/mol. The second-order valence-electron chi connectivity index (χ2n) is 2.66. The van der Waals surface area contributed by atoms with E-state index >= 15 is 0 Å². The van der Waals surface area contributed by atoms with Gasteiger partial charge in [0.15, 0.2) is 6.29 Å². The predicted octanol–water partition coefficient (Wildman–Crippen LogP) is -0.947. The van der Waals surface area contributed by atoms with Gasteiger partial charge in [-0.2, -0.15) is 0 Å². The molecule has 1 saturated heterocycles. The van der Waals surface area contributed by atoms with Crippen molar-refractivity contribution in [3.05, 3.63) is 0 Å². The minimum Gasteiger partial charge on any atom is -0.389 e. The average Bonchev–Trinajstić information content (AvgIpc) is 1.97. The van der Waals surface area contributed by atoms with Crippen LogP contribution in [0.4, 0.5) is 0 Å². The average molecular weight is 183 g/mol. The zero-order chi connectivity index (χ0) is 8.59. The van der Waals surface area contributed by atoms with E-state index in [4.69, 9.17) is 31.7 Å². The molecule has 0 amide bonds. The third-order valence-corrected chi connectivity index (χ3v) is 2.26. The number of ether oxygens (including phenoxy) is 1. The van der Waals surface area contributed by atoms with Crippen LogP contribution in [0.2, 0.25) is 0 Å². The quantitative estimate of drug-likeness (QED) is 0.423. The Balaban J connectivity index is 2.63. The van der Waals surface area contributed by atoms with Gasteiger partial charge in [-0.3, -0.25) is 0 Å². The summed E-state index contributed by atoms with van der Waals surface area (Å²) in [6, 6.07) is 0. The molecule has 4 nitrogen and oxygen atoms in total. The van der Waals surface area contributed by atoms with Crippen LogP contribution < -0.4 is 0 Å². The van der Waals surface area contributed by atoms with Crippen LogP contribution in [0.3, 0.4) is 0 Å². The van der Waals surface area contributed by atoms with Crippen LogP contribution in [0.25, 0.3) is 0 Å². The van der Waals surface area contributed by atoms with E-state index in [1.165, 1.54) is 0 Å². The summed E-state index contributed by atoms with van der Waals surface area (Å²) in [6.07, 6.45) is -3.95. The number of hydrogen-bond donors (Lipinski definition) is 3. The van der Waals surface area contributed by atoms with Gasteiger partial charge in [0, 0.05) is 0 Å². The van der Waals surface area contributed by atoms with Crippen molar-refractivity contribution < 1.29 is 20.1 Å². The Bertz CT molecular complexity index is 129. The lowest BCUT2D eigenvalue weighted by Gasteiger charge is -2.36. The van der Waals surface area contributed by atoms with E-state index in [9.17, 15) is 0 Å². The summed E-state index contributed by atoms with van der Waals surface area (Å²) in [5, 5.41) is 26.4. The predicted molar refractivity (Wildman–Crippen MR) is 38.2 cm³/mol. The van der Waals surface area contributed by atoms with Crippen LogP contribution >= 0.6 is 11.6 Å². The van der Waals surface area contributed by atoms with Gasteiger partial charge < -0.3 is 20.1 Å². The van der Waals surface area contributed by atoms with Gasteiger partial charge in [0.25, 0.3) is 0 Å². The number of aliphatic hydroxyl groups excluding tert-OH is 3. The normalized spacial score (nSPS) is 52.6. The first-order valence-electron chi connectivity index (χ1n) is 3.37. The van der Waals surface area contributed by atoms with E-state index in [1.54, 1.807) is 6.92 Å². The lowest BCUT2D eigenvalue weighted by molar-refractivity contribution is -0.223. The van der Waals surface area contributed by atoms with Crippen molar-refractivity contribution in [3.63, 3.8) is 0 Å². The summed E-state index contributed by atoms with van der Waals surface area (Å²) in [6.45, 7) is 1.56. The van der Waals surface area contributed by atoms with Gasteiger partial charge in [0.1, 0.15) is 17.6 Å². The molecule has 0 aromatic rings. The summed E-state index contributed by atoms with van der Waals surface area (Å²) >= 11 is 5.49. The molecule has 5 atom stereocenters. The fourth-order valence-electron chi connectivity index (χ4n) is 1.01. The molecule has 0 aromatic carbocycles. The van der Waals surface area contributed by atoms with Crippen LogP contribution in [0.1, 0.15) is 6.92 Å². The number of aliphatic hydroxyl groups is 3. The molecule has 1 heterocycles. The Labute approximate surface area is 69.4 Å². The first kappa shape index (κ1) is 9.22. The van der Waals surface area contributed by atoms with Crippen molar-refractivity contribution in [3.8, 4) is 0 Å². The second kappa shape index (κ2) is 3.25. The lowest BCUT2D eigenvalue weighted by Crippen LogP contribution is -2.54. The molecule has 0 aromatic heterocycles. The Morgan fingerprint density at radius 3 is 2.27 bits per heavy atom. The summed E-state index contributed by atoms with van der Waals surface area (Å²) in [7, 11) is 0. The third-order valence-electron chi connectivity index (χ3n) is 1.78. The molecule has 1 fully saturated rings. The van der Waals surface area contributed by atoms with E-state index in [2.05, 4.69) is 0 Å². The van der Waals surface area contributed by atoms with E-state index in [-0.39, 0.29) is 0 Å². The first-order valence-corrected chi connectivity index (χ1v) is 3.81. The summed E-state index contributed by atoms with van der Waals surface area (Å²) in [4.78, 5) is 0. The molecule has 1 rings (SSSR count). The molecule has 0 radical (unpaired) electrons. The molecular formula is C6H11ClO4. The zero-order valence-corrected chi connectivity index (χ0v) is 6.77. The Morgan fingerprint density at radius 2 is 1.73 bits per heavy atom. The molecule has 0 aliphatic carbocycles. The Kier molecular flexibility index (Phi) is 2.72. The molecule has 2 unspecified atom stereocenters. The van der Waals surface area contributed by atoms with Crippen LogP contribution in [0.5, 0.6) is 0 Å². The van der Waals surface area contributed by atoms with Crippen LogP contribution in [0, 0.1) is 0 Å². The highest BCUT2D eigenvalue weighted by molar-refractivity contribution is 6.21. The summed E-state index contributed by atoms with van der Waals surface area (Å²) < 4.78 is 4.79. The highest BCUT2D eigenvalue weighted by Crippen LogP contribution is 2.23. The molecule has 1 aliphatic heterocycles. The van der Waals surface area contributed by atoms with E-state index in [1.807, 2.05) is 0 Å². The summed E-state index contributed by atoms with van der Waals surface area (Å²) in [5.41, 5.74) is 0. The van der Waals surface area contributed by atoms with Crippen molar-refractivity contribution in [1.82, 2.24) is 0 Å². The number of halogens is 1. The van der Waals surface area contributed by atoms with Crippen molar-refractivity contribution >= 4 is 11.6 Å². The van der Waals surface area contributed by atoms with E-state index < -0.39 is 30.0 Å². The number of alkyl halides is 1. The fraction of sp³-hybridized carbons (Fsp3) is 1.00. The molecule has 66 valence electrons. The lowest BCUT2D eigenvalue weighted by atomic mass is 10.0. The fourth-order valence-corrected chi connectivity index (χ4v) is 1.22. The SMILES string of the molecule is CC1O[C@@H](O)C(Cl)[C@@H](O)[C@@H]1O. The number of rotatable bonds is 0. The van der Waals surface area contributed by atoms with Crippen molar-refractivity contribution in [2.45, 2.75) is 36.9 Å². The van der Waals surface area contributed by atoms with E-state index in [0.29, 0.717) is 0 Å². The van der Waals surface area contributed by atoms with Crippen molar-refractivity contribution in [2.24, 2.45) is 0 Å². The van der Waals surface area contributed by atoms with Gasteiger partial charge in [-0.25, -0.2) is 0 Å². The molecule has 11 heavy (non-hydrogen) atoms. The largest absolute Gasteiger partial charge is 0.389 e. The standard InChI is InChI=1S/C6H11ClO4/c1-2-4(8)5(9)3(7)6(10)11-2/h2-6,8-10H,1H3/t2?,3?,4-,5-,6-/m1/s1. The van der Waals surface area contributed by atoms with Crippen LogP contribution in [-0.2, 0) is 4.74 Å². The maximum absolute atomic E-state index is 9.17. The number of hydrogen-bond acceptors (Lipinski definition) is 4. The van der Waals surface area contributed by atoms with Gasteiger partial charge in [-0.05, 0) is 6.92 Å². The molecule has 5 heteroatoms. The Morgan fingerprint density at radius 1 is 1.18 bits per heavy atom. The highest BCUT2D eigenvalue weighted by atomic mass is 35.5. The first-order chi connectivity index (χ1) is 5.04. The molecule has 0 saturated carbocycles. The van der Waals surface area contributed by atoms with Gasteiger partial charge in [0.2, 0.25) is 0 Å². The van der Waals surface area contributed by atoms with Crippen LogP contribution in [0.15, 0.2) is 0 Å². The van der Waals surface area contributed by atoms with E-state index in [0.717, 1.165) is 0 Å². The minimum atomic E-state index is -1.20. The highest BCUT2D eigenvalue weighted by Gasteiger charge is 2.40. The molecule has 3 N–H and O–H groups in total. The Hall–Kier alpha value is 0.130. The zero-order valence-electron chi connectivity index (χ0n) is 6.01. The smallest absolute Gasteiger partial charge is 0.174 e. The van der Waals surface area contributed by atoms with Crippen molar-refractivity contribution in [1.29, 1.82) is 0 Å². The minimum absolute atomic E-state index is 0.588. The van der Waals surface area contributed by atoms with Gasteiger partial charge in [0.05, 0.1) is 6.10 Å². The van der Waals surface area contributed by atoms with Crippen LogP contribution in [-0.4, -0.2) is 45.3 Å². The molecule has 0 bridgehead atoms. The van der Waals surface area contributed by atoms with Gasteiger partial charge >= 0.3 is 0 Å². The van der Waals surface area contributed by atoms with Gasteiger partial charge in [-0.15, -0.1) is 11.6 Å². The molecular weight excluding hydrogens is 172 g/mol. The summed E-state index contributed by atoms with van der Waals surface area (Å²) in [5.74, 6) is 0. The molecule has 0 spiro atoms. The van der Waals surface area contributed by atoms with Crippen molar-refractivity contribution in [2.75, 3.05) is 0 Å². The maximum Gasteiger partial charge on any atom is 0.174 e. The third kappa shape index (κ3) is 1.65. The maximum atomic E-state index is 9.17. The topological polar surface area (TPSA) is 69.9 Å².